The van der Waals surface area contributed by atoms with Crippen molar-refractivity contribution in [1.29, 1.82) is 0 Å². The highest BCUT2D eigenvalue weighted by molar-refractivity contribution is 5.95. The number of carbonyl (C=O) groups excluding carboxylic acids is 1. The quantitative estimate of drug-likeness (QED) is 0.717. The standard InChI is InChI=1S/C14H19N5O/c1-9-11(7-18-19-9)4-3-5-16-14(20)13-6-12(15)8-17-10(13)2/h6-8H,3-5,15H2,1-2H3,(H,16,20)(H,18,19). The predicted molar refractivity (Wildman–Crippen MR) is 77.4 cm³/mol. The number of aromatic amines is 1. The van der Waals surface area contributed by atoms with Gasteiger partial charge in [0.25, 0.3) is 5.91 Å². The maximum absolute atomic E-state index is 12.0. The van der Waals surface area contributed by atoms with Crippen molar-refractivity contribution < 1.29 is 4.79 Å². The highest BCUT2D eigenvalue weighted by Gasteiger charge is 2.10. The minimum absolute atomic E-state index is 0.133. The molecule has 4 N–H and O–H groups in total. The van der Waals surface area contributed by atoms with E-state index in [2.05, 4.69) is 20.5 Å². The van der Waals surface area contributed by atoms with E-state index in [9.17, 15) is 4.79 Å². The largest absolute Gasteiger partial charge is 0.397 e. The first kappa shape index (κ1) is 14.0. The summed E-state index contributed by atoms with van der Waals surface area (Å²) in [4.78, 5) is 16.1. The molecule has 0 atom stereocenters. The fourth-order valence-electron chi connectivity index (χ4n) is 1.98. The number of hydrogen-bond acceptors (Lipinski definition) is 4. The van der Waals surface area contributed by atoms with Crippen molar-refractivity contribution in [3.63, 3.8) is 0 Å². The van der Waals surface area contributed by atoms with Crippen molar-refractivity contribution in [1.82, 2.24) is 20.5 Å². The van der Waals surface area contributed by atoms with Crippen molar-refractivity contribution >= 4 is 11.6 Å². The second kappa shape index (κ2) is 6.18. The molecule has 0 spiro atoms. The summed E-state index contributed by atoms with van der Waals surface area (Å²) in [6.07, 6.45) is 5.12. The number of nitrogens with two attached hydrogens (primary N) is 1. The highest BCUT2D eigenvalue weighted by atomic mass is 16.1. The lowest BCUT2D eigenvalue weighted by molar-refractivity contribution is 0.0952. The van der Waals surface area contributed by atoms with E-state index in [0.717, 1.165) is 18.5 Å². The zero-order chi connectivity index (χ0) is 14.5. The summed E-state index contributed by atoms with van der Waals surface area (Å²) in [6.45, 7) is 4.39. The minimum atomic E-state index is -0.133. The van der Waals surface area contributed by atoms with E-state index in [-0.39, 0.29) is 5.91 Å². The summed E-state index contributed by atoms with van der Waals surface area (Å²) >= 11 is 0. The second-order valence-electron chi connectivity index (χ2n) is 4.78. The smallest absolute Gasteiger partial charge is 0.253 e. The van der Waals surface area contributed by atoms with E-state index in [1.54, 1.807) is 19.2 Å². The number of rotatable bonds is 5. The molecule has 0 aromatic carbocycles. The van der Waals surface area contributed by atoms with Gasteiger partial charge in [0.2, 0.25) is 0 Å². The van der Waals surface area contributed by atoms with Crippen LogP contribution in [0.5, 0.6) is 0 Å². The molecule has 0 radical (unpaired) electrons. The molecule has 0 unspecified atom stereocenters. The third kappa shape index (κ3) is 3.34. The molecule has 2 aromatic rings. The van der Waals surface area contributed by atoms with Gasteiger partial charge in [-0.3, -0.25) is 14.9 Å². The lowest BCUT2D eigenvalue weighted by Gasteiger charge is -2.07. The van der Waals surface area contributed by atoms with Crippen molar-refractivity contribution in [2.75, 3.05) is 12.3 Å². The number of carbonyl (C=O) groups is 1. The molecule has 6 heteroatoms. The van der Waals surface area contributed by atoms with Crippen LogP contribution in [0.4, 0.5) is 5.69 Å². The average molecular weight is 273 g/mol. The molecule has 2 rings (SSSR count). The van der Waals surface area contributed by atoms with Gasteiger partial charge in [-0.1, -0.05) is 0 Å². The molecular formula is C14H19N5O. The third-order valence-electron chi connectivity index (χ3n) is 3.20. The third-order valence-corrected chi connectivity index (χ3v) is 3.20. The maximum Gasteiger partial charge on any atom is 0.253 e. The number of pyridine rings is 1. The SMILES string of the molecule is Cc1ncc(N)cc1C(=O)NCCCc1cn[nH]c1C. The summed E-state index contributed by atoms with van der Waals surface area (Å²) in [5.74, 6) is -0.133. The van der Waals surface area contributed by atoms with Gasteiger partial charge in [0.05, 0.1) is 29.3 Å². The molecule has 0 aliphatic heterocycles. The zero-order valence-electron chi connectivity index (χ0n) is 11.7. The number of nitrogens with zero attached hydrogens (tertiary/aromatic N) is 2. The van der Waals surface area contributed by atoms with Gasteiger partial charge >= 0.3 is 0 Å². The second-order valence-corrected chi connectivity index (χ2v) is 4.78. The van der Waals surface area contributed by atoms with E-state index in [4.69, 9.17) is 5.73 Å². The van der Waals surface area contributed by atoms with Gasteiger partial charge in [0, 0.05) is 12.2 Å². The van der Waals surface area contributed by atoms with Crippen LogP contribution < -0.4 is 11.1 Å². The van der Waals surface area contributed by atoms with Crippen molar-refractivity contribution in [3.05, 3.63) is 41.0 Å². The molecule has 0 aliphatic rings. The van der Waals surface area contributed by atoms with Gasteiger partial charge in [-0.25, -0.2) is 0 Å². The Hall–Kier alpha value is -2.37. The van der Waals surface area contributed by atoms with Crippen LogP contribution >= 0.6 is 0 Å². The number of amides is 1. The molecule has 0 saturated heterocycles. The van der Waals surface area contributed by atoms with Crippen LogP contribution in [0, 0.1) is 13.8 Å². The number of nitrogens with one attached hydrogen (secondary N) is 2. The van der Waals surface area contributed by atoms with Crippen LogP contribution in [0.3, 0.4) is 0 Å². The fourth-order valence-corrected chi connectivity index (χ4v) is 1.98. The van der Waals surface area contributed by atoms with Crippen LogP contribution in [-0.4, -0.2) is 27.6 Å². The Morgan fingerprint density at radius 1 is 1.40 bits per heavy atom. The van der Waals surface area contributed by atoms with E-state index in [1.165, 1.54) is 5.56 Å². The zero-order valence-corrected chi connectivity index (χ0v) is 11.7. The molecule has 2 heterocycles. The van der Waals surface area contributed by atoms with E-state index >= 15 is 0 Å². The summed E-state index contributed by atoms with van der Waals surface area (Å²) in [6, 6.07) is 1.65. The molecule has 6 nitrogen and oxygen atoms in total. The first-order valence-corrected chi connectivity index (χ1v) is 6.57. The summed E-state index contributed by atoms with van der Waals surface area (Å²) in [7, 11) is 0. The van der Waals surface area contributed by atoms with E-state index in [1.807, 2.05) is 13.1 Å². The predicted octanol–water partition coefficient (Wildman–Crippen LogP) is 1.37. The van der Waals surface area contributed by atoms with Crippen LogP contribution in [0.1, 0.15) is 33.7 Å². The van der Waals surface area contributed by atoms with Gasteiger partial charge < -0.3 is 11.1 Å². The van der Waals surface area contributed by atoms with Gasteiger partial charge in [-0.2, -0.15) is 5.10 Å². The van der Waals surface area contributed by atoms with Gasteiger partial charge in [-0.05, 0) is 38.3 Å². The number of hydrogen-bond donors (Lipinski definition) is 3. The van der Waals surface area contributed by atoms with Gasteiger partial charge in [-0.15, -0.1) is 0 Å². The van der Waals surface area contributed by atoms with E-state index in [0.29, 0.717) is 23.5 Å². The first-order chi connectivity index (χ1) is 9.58. The average Bonchev–Trinajstić information content (AvgIpc) is 2.83. The molecule has 2 aromatic heterocycles. The summed E-state index contributed by atoms with van der Waals surface area (Å²) < 4.78 is 0. The molecule has 20 heavy (non-hydrogen) atoms. The normalized spacial score (nSPS) is 10.5. The van der Waals surface area contributed by atoms with Gasteiger partial charge in [0.15, 0.2) is 0 Å². The lowest BCUT2D eigenvalue weighted by Crippen LogP contribution is -2.26. The number of aromatic nitrogens is 3. The molecule has 1 amide bonds. The lowest BCUT2D eigenvalue weighted by atomic mass is 10.1. The topological polar surface area (TPSA) is 96.7 Å². The molecule has 0 saturated carbocycles. The van der Waals surface area contributed by atoms with Crippen LogP contribution in [0.2, 0.25) is 0 Å². The summed E-state index contributed by atoms with van der Waals surface area (Å²) in [5, 5.41) is 9.75. The Balaban J connectivity index is 1.83. The Kier molecular flexibility index (Phi) is 4.34. The Bertz CT molecular complexity index is 605. The Morgan fingerprint density at radius 2 is 2.20 bits per heavy atom. The number of nitrogen functional groups attached to an aromatic ring is 1. The van der Waals surface area contributed by atoms with Crippen LogP contribution in [0.15, 0.2) is 18.5 Å². The highest BCUT2D eigenvalue weighted by Crippen LogP contribution is 2.09. The molecular weight excluding hydrogens is 254 g/mol. The van der Waals surface area contributed by atoms with Crippen molar-refractivity contribution in [2.24, 2.45) is 0 Å². The molecule has 106 valence electrons. The fraction of sp³-hybridized carbons (Fsp3) is 0.357. The minimum Gasteiger partial charge on any atom is -0.397 e. The molecule has 0 fully saturated rings. The maximum atomic E-state index is 12.0. The molecule has 0 bridgehead atoms. The number of aryl methyl sites for hydroxylation is 3. The Morgan fingerprint density at radius 3 is 2.90 bits per heavy atom. The van der Waals surface area contributed by atoms with Gasteiger partial charge in [0.1, 0.15) is 0 Å². The molecule has 0 aliphatic carbocycles. The van der Waals surface area contributed by atoms with Crippen LogP contribution in [0.25, 0.3) is 0 Å². The Labute approximate surface area is 117 Å². The monoisotopic (exact) mass is 273 g/mol. The van der Waals surface area contributed by atoms with Crippen molar-refractivity contribution in [3.8, 4) is 0 Å². The first-order valence-electron chi connectivity index (χ1n) is 6.57. The summed E-state index contributed by atoms with van der Waals surface area (Å²) in [5.41, 5.74) is 9.62. The number of anilines is 1. The number of H-pyrrole nitrogens is 1. The van der Waals surface area contributed by atoms with Crippen molar-refractivity contribution in [2.45, 2.75) is 26.7 Å². The van der Waals surface area contributed by atoms with Crippen LogP contribution in [-0.2, 0) is 6.42 Å². The van der Waals surface area contributed by atoms with E-state index < -0.39 is 0 Å².